The van der Waals surface area contributed by atoms with Gasteiger partial charge in [0, 0.05) is 12.8 Å². The molecule has 1 rings (SSSR count). The van der Waals surface area contributed by atoms with Crippen molar-refractivity contribution in [3.63, 3.8) is 0 Å². The Morgan fingerprint density at radius 3 is 1.92 bits per heavy atom. The number of thioether (sulfide) groups is 1. The summed E-state index contributed by atoms with van der Waals surface area (Å²) < 4.78 is 0. The van der Waals surface area contributed by atoms with Crippen LogP contribution in [0.3, 0.4) is 0 Å². The van der Waals surface area contributed by atoms with E-state index in [1.54, 1.807) is 13.2 Å². The molecule has 0 aliphatic carbocycles. The SMILES string of the molecule is CCC(C)C(N)C(=O)NC(CCC(=O)O)C(=O)NC(CCSC)C(=O)NC(Cc1ccc(O)cc1)C(=O)O. The van der Waals surface area contributed by atoms with Crippen molar-refractivity contribution in [3.8, 4) is 5.75 Å². The van der Waals surface area contributed by atoms with Gasteiger partial charge in [-0.15, -0.1) is 0 Å². The van der Waals surface area contributed by atoms with Crippen LogP contribution < -0.4 is 21.7 Å². The van der Waals surface area contributed by atoms with Crippen molar-refractivity contribution >= 4 is 41.4 Å². The van der Waals surface area contributed by atoms with E-state index < -0.39 is 60.2 Å². The van der Waals surface area contributed by atoms with Crippen molar-refractivity contribution in [1.82, 2.24) is 16.0 Å². The van der Waals surface area contributed by atoms with Crippen LogP contribution in [0.2, 0.25) is 0 Å². The number of nitrogens with two attached hydrogens (primary N) is 1. The number of phenolic OH excluding ortho intramolecular Hbond substituents is 1. The Morgan fingerprint density at radius 1 is 0.895 bits per heavy atom. The zero-order valence-electron chi connectivity index (χ0n) is 21.8. The third-order valence-electron chi connectivity index (χ3n) is 6.07. The summed E-state index contributed by atoms with van der Waals surface area (Å²) in [6.07, 6.45) is 1.88. The van der Waals surface area contributed by atoms with E-state index >= 15 is 0 Å². The second-order valence-electron chi connectivity index (χ2n) is 9.02. The Morgan fingerprint density at radius 2 is 1.42 bits per heavy atom. The van der Waals surface area contributed by atoms with E-state index in [9.17, 15) is 34.2 Å². The van der Waals surface area contributed by atoms with Crippen LogP contribution in [-0.2, 0) is 30.4 Å². The number of benzene rings is 1. The van der Waals surface area contributed by atoms with E-state index in [0.717, 1.165) is 0 Å². The minimum absolute atomic E-state index is 0.0131. The molecule has 0 aliphatic rings. The highest BCUT2D eigenvalue weighted by Gasteiger charge is 2.31. The summed E-state index contributed by atoms with van der Waals surface area (Å²) in [4.78, 5) is 61.7. The van der Waals surface area contributed by atoms with Crippen LogP contribution in [0.4, 0.5) is 0 Å². The van der Waals surface area contributed by atoms with Crippen molar-refractivity contribution < 1.29 is 39.3 Å². The van der Waals surface area contributed by atoms with Gasteiger partial charge in [0.2, 0.25) is 17.7 Å². The number of carboxylic acids is 2. The number of phenols is 1. The maximum absolute atomic E-state index is 13.1. The molecule has 0 bridgehead atoms. The number of amides is 3. The lowest BCUT2D eigenvalue weighted by Crippen LogP contribution is -2.58. The van der Waals surface area contributed by atoms with Crippen molar-refractivity contribution in [2.24, 2.45) is 11.7 Å². The maximum atomic E-state index is 13.1. The van der Waals surface area contributed by atoms with Crippen LogP contribution in [0, 0.1) is 5.92 Å². The molecule has 0 saturated heterocycles. The number of hydrogen-bond acceptors (Lipinski definition) is 8. The average molecular weight is 555 g/mol. The van der Waals surface area contributed by atoms with Gasteiger partial charge in [-0.1, -0.05) is 32.4 Å². The molecule has 212 valence electrons. The summed E-state index contributed by atoms with van der Waals surface area (Å²) in [5, 5.41) is 35.6. The number of aromatic hydroxyl groups is 1. The van der Waals surface area contributed by atoms with Crippen LogP contribution in [0.5, 0.6) is 5.75 Å². The van der Waals surface area contributed by atoms with E-state index in [2.05, 4.69) is 16.0 Å². The molecule has 12 nitrogen and oxygen atoms in total. The van der Waals surface area contributed by atoms with Crippen LogP contribution >= 0.6 is 11.8 Å². The number of carbonyl (C=O) groups is 5. The number of rotatable bonds is 17. The molecule has 38 heavy (non-hydrogen) atoms. The number of aliphatic carboxylic acids is 2. The van der Waals surface area contributed by atoms with Gasteiger partial charge in [0.05, 0.1) is 6.04 Å². The van der Waals surface area contributed by atoms with E-state index in [1.807, 2.05) is 6.92 Å². The minimum atomic E-state index is -1.31. The standard InChI is InChI=1S/C25H38N4O8S/c1-4-14(2)21(26)24(35)28-17(9-10-20(31)32)22(33)27-18(11-12-38-3)23(34)29-19(25(36)37)13-15-5-7-16(30)8-6-15/h5-8,14,17-19,21,30H,4,9-13,26H2,1-3H3,(H,27,33)(H,28,35)(H,29,34)(H,31,32)(H,36,37). The van der Waals surface area contributed by atoms with E-state index in [1.165, 1.54) is 36.0 Å². The predicted octanol–water partition coefficient (Wildman–Crippen LogP) is 0.465. The van der Waals surface area contributed by atoms with Gasteiger partial charge in [0.25, 0.3) is 0 Å². The van der Waals surface area contributed by atoms with E-state index in [-0.39, 0.29) is 30.9 Å². The van der Waals surface area contributed by atoms with Gasteiger partial charge in [-0.25, -0.2) is 4.79 Å². The first kappa shape index (κ1) is 32.7. The smallest absolute Gasteiger partial charge is 0.326 e. The first-order chi connectivity index (χ1) is 17.9. The summed E-state index contributed by atoms with van der Waals surface area (Å²) in [5.74, 6) is -4.29. The minimum Gasteiger partial charge on any atom is -0.508 e. The molecule has 0 heterocycles. The third-order valence-corrected chi connectivity index (χ3v) is 6.72. The van der Waals surface area contributed by atoms with Crippen LogP contribution in [0.1, 0.15) is 45.1 Å². The molecule has 0 fully saturated rings. The molecule has 1 aromatic rings. The van der Waals surface area contributed by atoms with Gasteiger partial charge in [-0.05, 0) is 48.5 Å². The van der Waals surface area contributed by atoms with Crippen molar-refractivity contribution in [2.75, 3.05) is 12.0 Å². The highest BCUT2D eigenvalue weighted by atomic mass is 32.2. The Balaban J connectivity index is 3.03. The molecule has 3 amide bonds. The lowest BCUT2D eigenvalue weighted by Gasteiger charge is -2.26. The molecule has 0 saturated carbocycles. The molecule has 13 heteroatoms. The fraction of sp³-hybridized carbons (Fsp3) is 0.560. The molecule has 5 atom stereocenters. The Kier molecular flexibility index (Phi) is 14.2. The molecular weight excluding hydrogens is 516 g/mol. The first-order valence-corrected chi connectivity index (χ1v) is 13.7. The molecule has 0 aromatic heterocycles. The summed E-state index contributed by atoms with van der Waals surface area (Å²) in [5.41, 5.74) is 6.51. The highest BCUT2D eigenvalue weighted by Crippen LogP contribution is 2.12. The van der Waals surface area contributed by atoms with Gasteiger partial charge < -0.3 is 37.0 Å². The van der Waals surface area contributed by atoms with Crippen LogP contribution in [0.15, 0.2) is 24.3 Å². The van der Waals surface area contributed by atoms with Crippen LogP contribution in [0.25, 0.3) is 0 Å². The second kappa shape index (κ2) is 16.5. The molecule has 5 unspecified atom stereocenters. The molecule has 1 aromatic carbocycles. The number of hydrogen-bond donors (Lipinski definition) is 7. The van der Waals surface area contributed by atoms with Gasteiger partial charge >= 0.3 is 11.9 Å². The topological polar surface area (TPSA) is 208 Å². The second-order valence-corrected chi connectivity index (χ2v) is 10.0. The van der Waals surface area contributed by atoms with E-state index in [0.29, 0.717) is 17.7 Å². The third kappa shape index (κ3) is 11.4. The predicted molar refractivity (Wildman–Crippen MR) is 143 cm³/mol. The monoisotopic (exact) mass is 554 g/mol. The number of nitrogens with one attached hydrogen (secondary N) is 3. The first-order valence-electron chi connectivity index (χ1n) is 12.3. The zero-order valence-corrected chi connectivity index (χ0v) is 22.6. The molecule has 0 spiro atoms. The fourth-order valence-electron chi connectivity index (χ4n) is 3.43. The van der Waals surface area contributed by atoms with Gasteiger partial charge in [0.1, 0.15) is 23.9 Å². The lowest BCUT2D eigenvalue weighted by atomic mass is 9.98. The fourth-order valence-corrected chi connectivity index (χ4v) is 3.91. The molecule has 8 N–H and O–H groups in total. The Bertz CT molecular complexity index is 959. The summed E-state index contributed by atoms with van der Waals surface area (Å²) in [6, 6.07) is 1.25. The van der Waals surface area contributed by atoms with Gasteiger partial charge in [0.15, 0.2) is 0 Å². The Hall–Kier alpha value is -3.32. The average Bonchev–Trinajstić information content (AvgIpc) is 2.88. The molecular formula is C25H38N4O8S. The molecule has 0 aliphatic heterocycles. The highest BCUT2D eigenvalue weighted by molar-refractivity contribution is 7.98. The molecule has 0 radical (unpaired) electrons. The summed E-state index contributed by atoms with van der Waals surface area (Å²) >= 11 is 1.41. The Labute approximate surface area is 226 Å². The maximum Gasteiger partial charge on any atom is 0.326 e. The van der Waals surface area contributed by atoms with Gasteiger partial charge in [-0.3, -0.25) is 19.2 Å². The normalized spacial score (nSPS) is 14.8. The number of carbonyl (C=O) groups excluding carboxylic acids is 3. The lowest BCUT2D eigenvalue weighted by molar-refractivity contribution is -0.142. The van der Waals surface area contributed by atoms with Crippen molar-refractivity contribution in [1.29, 1.82) is 0 Å². The largest absolute Gasteiger partial charge is 0.508 e. The van der Waals surface area contributed by atoms with Crippen molar-refractivity contribution in [2.45, 2.75) is 70.1 Å². The quantitative estimate of drug-likeness (QED) is 0.141. The van der Waals surface area contributed by atoms with E-state index in [4.69, 9.17) is 10.8 Å². The van der Waals surface area contributed by atoms with Crippen molar-refractivity contribution in [3.05, 3.63) is 29.8 Å². The van der Waals surface area contributed by atoms with Crippen LogP contribution in [-0.4, -0.2) is 81.2 Å². The van der Waals surface area contributed by atoms with Gasteiger partial charge in [-0.2, -0.15) is 11.8 Å². The zero-order chi connectivity index (χ0) is 28.8. The summed E-state index contributed by atoms with van der Waals surface area (Å²) in [6.45, 7) is 3.63. The number of carboxylic acid groups (broad SMARTS) is 2. The summed E-state index contributed by atoms with van der Waals surface area (Å²) in [7, 11) is 0.